The smallest absolute Gasteiger partial charge is 0.0345 e. The van der Waals surface area contributed by atoms with Crippen molar-refractivity contribution in [2.24, 2.45) is 5.73 Å². The third-order valence-electron chi connectivity index (χ3n) is 0.573. The van der Waals surface area contributed by atoms with Crippen LogP contribution in [-0.2, 0) is 4.74 Å². The minimum absolute atomic E-state index is 0.375. The van der Waals surface area contributed by atoms with Crippen molar-refractivity contribution in [3.05, 3.63) is 6.29 Å². The van der Waals surface area contributed by atoms with E-state index in [-0.39, 0.29) is 6.29 Å². The lowest BCUT2D eigenvalue weighted by Crippen LogP contribution is -2.35. The predicted octanol–water partition coefficient (Wildman–Crippen LogP) is -1.17. The van der Waals surface area contributed by atoms with Crippen LogP contribution in [0.1, 0.15) is 6.92 Å². The Hall–Kier alpha value is -0.120. The van der Waals surface area contributed by atoms with Crippen molar-refractivity contribution in [2.45, 2.75) is 13.0 Å². The van der Waals surface area contributed by atoms with Crippen LogP contribution in [0, 0.1) is 6.29 Å². The highest BCUT2D eigenvalue weighted by atomic mass is 16.6. The largest absolute Gasteiger partial charge is 0.826 e. The van der Waals surface area contributed by atoms with Crippen LogP contribution >= 0.6 is 0 Å². The molecule has 0 saturated carbocycles. The molecule has 0 saturated heterocycles. The summed E-state index contributed by atoms with van der Waals surface area (Å²) in [7, 11) is 1.31. The van der Waals surface area contributed by atoms with E-state index in [1.807, 2.05) is 0 Å². The lowest BCUT2D eigenvalue weighted by molar-refractivity contribution is -0.415. The molecule has 0 fully saturated rings. The average molecular weight is 103 g/mol. The Morgan fingerprint density at radius 3 is 2.29 bits per heavy atom. The van der Waals surface area contributed by atoms with Gasteiger partial charge in [0.25, 0.3) is 0 Å². The summed E-state index contributed by atoms with van der Waals surface area (Å²) >= 11 is 0. The van der Waals surface area contributed by atoms with E-state index in [0.717, 1.165) is 0 Å². The lowest BCUT2D eigenvalue weighted by Gasteiger charge is -2.22. The van der Waals surface area contributed by atoms with Gasteiger partial charge in [0.2, 0.25) is 0 Å². The topological polar surface area (TPSA) is 58.3 Å². The second-order valence-corrected chi connectivity index (χ2v) is 1.31. The fraction of sp³-hybridized carbons (Fsp3) is 0.750. The second kappa shape index (κ2) is 2.96. The summed E-state index contributed by atoms with van der Waals surface area (Å²) in [5.74, 6) is 0. The molecule has 0 aliphatic carbocycles. The van der Waals surface area contributed by atoms with Gasteiger partial charge in [-0.05, 0) is 6.92 Å². The van der Waals surface area contributed by atoms with Gasteiger partial charge in [-0.3, -0.25) is 0 Å². The van der Waals surface area contributed by atoms with Gasteiger partial charge >= 0.3 is 0 Å². The maximum atomic E-state index is 10.2. The van der Waals surface area contributed by atoms with Gasteiger partial charge in [-0.2, -0.15) is 0 Å². The van der Waals surface area contributed by atoms with Gasteiger partial charge in [0.05, 0.1) is 0 Å². The molecule has 0 aromatic carbocycles. The first-order valence-electron chi connectivity index (χ1n) is 2.02. The zero-order valence-electron chi connectivity index (χ0n) is 4.47. The van der Waals surface area contributed by atoms with Crippen molar-refractivity contribution in [2.75, 3.05) is 7.11 Å². The molecule has 43 valence electrons. The van der Waals surface area contributed by atoms with Crippen molar-refractivity contribution < 1.29 is 9.84 Å². The Morgan fingerprint density at radius 2 is 2.29 bits per heavy atom. The zero-order valence-corrected chi connectivity index (χ0v) is 4.47. The van der Waals surface area contributed by atoms with Gasteiger partial charge in [0.15, 0.2) is 0 Å². The Balaban J connectivity index is 3.14. The molecule has 0 aliphatic heterocycles. The quantitative estimate of drug-likeness (QED) is 0.479. The van der Waals surface area contributed by atoms with Gasteiger partial charge in [-0.1, -0.05) is 0 Å². The highest BCUT2D eigenvalue weighted by Crippen LogP contribution is 1.91. The van der Waals surface area contributed by atoms with Crippen molar-refractivity contribution >= 4 is 0 Å². The normalized spacial score (nSPS) is 15.0. The molecule has 0 bridgehead atoms. The first-order valence-corrected chi connectivity index (χ1v) is 2.02. The molecular weight excluding hydrogens is 94.0 g/mol. The number of ether oxygens (including phenoxy) is 1. The molecule has 0 aromatic rings. The van der Waals surface area contributed by atoms with Crippen LogP contribution in [0.2, 0.25) is 0 Å². The minimum Gasteiger partial charge on any atom is -0.826 e. The third-order valence-corrected chi connectivity index (χ3v) is 0.573. The molecule has 2 N–H and O–H groups in total. The number of hydrogen-bond donors (Lipinski definition) is 1. The van der Waals surface area contributed by atoms with E-state index in [2.05, 4.69) is 4.74 Å². The molecule has 0 aromatic heterocycles. The van der Waals surface area contributed by atoms with Gasteiger partial charge in [-0.25, -0.2) is 0 Å². The third kappa shape index (κ3) is 2.56. The van der Waals surface area contributed by atoms with Crippen LogP contribution in [0.5, 0.6) is 0 Å². The zero-order chi connectivity index (χ0) is 5.86. The summed E-state index contributed by atoms with van der Waals surface area (Å²) in [4.78, 5) is 0. The molecular formula is C4H9NO2-. The summed E-state index contributed by atoms with van der Waals surface area (Å²) < 4.78 is 4.25. The van der Waals surface area contributed by atoms with Crippen molar-refractivity contribution in [1.82, 2.24) is 0 Å². The van der Waals surface area contributed by atoms with Crippen LogP contribution in [-0.4, -0.2) is 13.2 Å². The predicted molar refractivity (Wildman–Crippen MR) is 23.9 cm³/mol. The van der Waals surface area contributed by atoms with Crippen LogP contribution in [0.4, 0.5) is 0 Å². The van der Waals surface area contributed by atoms with E-state index in [0.29, 0.717) is 0 Å². The van der Waals surface area contributed by atoms with Gasteiger partial charge in [-0.15, -0.1) is 0 Å². The molecule has 0 aliphatic rings. The molecule has 3 nitrogen and oxygen atoms in total. The summed E-state index contributed by atoms with van der Waals surface area (Å²) in [6, 6.07) is -0.495. The summed E-state index contributed by atoms with van der Waals surface area (Å²) in [6.45, 7) is 1.58. The minimum atomic E-state index is -0.495. The molecule has 0 spiro atoms. The highest BCUT2D eigenvalue weighted by molar-refractivity contribution is 4.70. The fourth-order valence-electron chi connectivity index (χ4n) is 0.186. The lowest BCUT2D eigenvalue weighted by atomic mass is 10.4. The van der Waals surface area contributed by atoms with Gasteiger partial charge in [0.1, 0.15) is 0 Å². The van der Waals surface area contributed by atoms with E-state index in [1.54, 1.807) is 6.92 Å². The van der Waals surface area contributed by atoms with Crippen molar-refractivity contribution in [3.8, 4) is 0 Å². The molecule has 3 heteroatoms. The average Bonchev–Trinajstić information content (AvgIpc) is 1.65. The summed E-state index contributed by atoms with van der Waals surface area (Å²) in [5, 5.41) is 10.2. The van der Waals surface area contributed by atoms with Crippen LogP contribution in [0.25, 0.3) is 0 Å². The molecule has 0 heterocycles. The SMILES string of the molecule is CO[C]([O-])[C@H](C)N. The Bertz CT molecular complexity index is 47.0. The number of hydrogen-bond acceptors (Lipinski definition) is 3. The maximum absolute atomic E-state index is 10.2. The number of rotatable bonds is 2. The van der Waals surface area contributed by atoms with Gasteiger partial charge in [0, 0.05) is 19.4 Å². The highest BCUT2D eigenvalue weighted by Gasteiger charge is 1.95. The van der Waals surface area contributed by atoms with E-state index in [9.17, 15) is 5.11 Å². The fourth-order valence-corrected chi connectivity index (χ4v) is 0.186. The molecule has 0 unspecified atom stereocenters. The first-order chi connectivity index (χ1) is 3.18. The van der Waals surface area contributed by atoms with E-state index < -0.39 is 6.04 Å². The Kier molecular flexibility index (Phi) is 2.91. The van der Waals surface area contributed by atoms with Crippen LogP contribution < -0.4 is 10.8 Å². The van der Waals surface area contributed by atoms with Crippen LogP contribution in [0.15, 0.2) is 0 Å². The van der Waals surface area contributed by atoms with Crippen molar-refractivity contribution in [3.63, 3.8) is 0 Å². The Morgan fingerprint density at radius 1 is 1.86 bits per heavy atom. The number of nitrogens with two attached hydrogens (primary N) is 1. The molecule has 0 rings (SSSR count). The Labute approximate surface area is 43.1 Å². The molecule has 0 amide bonds. The molecule has 1 radical (unpaired) electrons. The monoisotopic (exact) mass is 103 g/mol. The molecule has 7 heavy (non-hydrogen) atoms. The van der Waals surface area contributed by atoms with Crippen LogP contribution in [0.3, 0.4) is 0 Å². The van der Waals surface area contributed by atoms with Gasteiger partial charge < -0.3 is 15.6 Å². The van der Waals surface area contributed by atoms with E-state index in [4.69, 9.17) is 5.73 Å². The standard InChI is InChI=1S/C4H9NO2/c1-3(5)4(6)7-2/h3H,5H2,1-2H3/q-1/t3-/m0/s1. The first kappa shape index (κ1) is 6.88. The summed E-state index contributed by atoms with van der Waals surface area (Å²) in [5.41, 5.74) is 5.07. The van der Waals surface area contributed by atoms with Crippen molar-refractivity contribution in [1.29, 1.82) is 0 Å². The second-order valence-electron chi connectivity index (χ2n) is 1.31. The van der Waals surface area contributed by atoms with E-state index >= 15 is 0 Å². The number of methoxy groups -OCH3 is 1. The maximum Gasteiger partial charge on any atom is 0.0345 e. The van der Waals surface area contributed by atoms with E-state index in [1.165, 1.54) is 7.11 Å². The molecule has 1 atom stereocenters. The summed E-state index contributed by atoms with van der Waals surface area (Å²) in [6.07, 6.45) is -0.375.